The van der Waals surface area contributed by atoms with Gasteiger partial charge in [0.1, 0.15) is 12.3 Å². The predicted octanol–water partition coefficient (Wildman–Crippen LogP) is 1.87. The van der Waals surface area contributed by atoms with E-state index in [1.54, 1.807) is 42.5 Å². The summed E-state index contributed by atoms with van der Waals surface area (Å²) in [6.45, 7) is 1.00. The Morgan fingerprint density at radius 3 is 2.61 bits per heavy atom. The van der Waals surface area contributed by atoms with E-state index in [9.17, 15) is 14.4 Å². The number of nitrogens with zero attached hydrogens (tertiary/aromatic N) is 1. The van der Waals surface area contributed by atoms with Crippen molar-refractivity contribution in [3.63, 3.8) is 0 Å². The van der Waals surface area contributed by atoms with Crippen LogP contribution in [0.5, 0.6) is 5.75 Å². The largest absolute Gasteiger partial charge is 0.496 e. The zero-order valence-electron chi connectivity index (χ0n) is 15.4. The summed E-state index contributed by atoms with van der Waals surface area (Å²) in [6, 6.07) is 14.9. The molecule has 0 fully saturated rings. The van der Waals surface area contributed by atoms with Crippen LogP contribution < -0.4 is 15.4 Å². The summed E-state index contributed by atoms with van der Waals surface area (Å²) in [4.78, 5) is 36.2. The van der Waals surface area contributed by atoms with E-state index in [-0.39, 0.29) is 5.56 Å². The lowest BCUT2D eigenvalue weighted by Crippen LogP contribution is -2.36. The van der Waals surface area contributed by atoms with E-state index in [4.69, 9.17) is 14.7 Å². The minimum Gasteiger partial charge on any atom is -0.496 e. The topological polar surface area (TPSA) is 118 Å². The summed E-state index contributed by atoms with van der Waals surface area (Å²) in [7, 11) is 1.44. The van der Waals surface area contributed by atoms with Gasteiger partial charge in [-0.3, -0.25) is 14.4 Å². The third-order valence-corrected chi connectivity index (χ3v) is 3.68. The van der Waals surface area contributed by atoms with Crippen LogP contribution >= 0.6 is 0 Å². The van der Waals surface area contributed by atoms with Gasteiger partial charge in [-0.2, -0.15) is 5.26 Å². The summed E-state index contributed by atoms with van der Waals surface area (Å²) in [5.41, 5.74) is 1.08. The fourth-order valence-electron chi connectivity index (χ4n) is 2.28. The van der Waals surface area contributed by atoms with E-state index in [0.29, 0.717) is 17.0 Å². The van der Waals surface area contributed by atoms with Gasteiger partial charge < -0.3 is 20.1 Å². The summed E-state index contributed by atoms with van der Waals surface area (Å²) in [6.07, 6.45) is -1.08. The van der Waals surface area contributed by atoms with Gasteiger partial charge in [-0.1, -0.05) is 18.2 Å². The molecule has 28 heavy (non-hydrogen) atoms. The number of nitrogens with one attached hydrogen (secondary N) is 2. The standard InChI is InChI=1S/C20H19N3O5/c1-13(19(25)23-15-7-5-6-14(10-15)11-21)28-18(24)12-22-20(26)16-8-3-4-9-17(16)27-2/h3-10,13H,12H2,1-2H3,(H,22,26)(H,23,25)/t13-/m1/s1. The first kappa shape index (κ1) is 20.5. The first-order valence-electron chi connectivity index (χ1n) is 8.36. The highest BCUT2D eigenvalue weighted by Crippen LogP contribution is 2.16. The van der Waals surface area contributed by atoms with Crippen LogP contribution in [0.1, 0.15) is 22.8 Å². The number of carbonyl (C=O) groups excluding carboxylic acids is 3. The first-order valence-corrected chi connectivity index (χ1v) is 8.36. The number of esters is 1. The maximum atomic E-state index is 12.1. The van der Waals surface area contributed by atoms with Gasteiger partial charge in [0.05, 0.1) is 24.3 Å². The number of anilines is 1. The normalized spacial score (nSPS) is 10.9. The van der Waals surface area contributed by atoms with Crippen molar-refractivity contribution in [2.75, 3.05) is 19.0 Å². The smallest absolute Gasteiger partial charge is 0.326 e. The molecule has 0 aromatic heterocycles. The Morgan fingerprint density at radius 1 is 1.14 bits per heavy atom. The number of amides is 2. The molecule has 0 aliphatic rings. The van der Waals surface area contributed by atoms with Crippen molar-refractivity contribution in [2.24, 2.45) is 0 Å². The molecule has 0 aliphatic heterocycles. The Balaban J connectivity index is 1.85. The van der Waals surface area contributed by atoms with Crippen LogP contribution in [0, 0.1) is 11.3 Å². The number of methoxy groups -OCH3 is 1. The van der Waals surface area contributed by atoms with E-state index < -0.39 is 30.4 Å². The molecule has 0 radical (unpaired) electrons. The summed E-state index contributed by atoms with van der Waals surface area (Å²) < 4.78 is 10.1. The number of nitriles is 1. The molecule has 0 spiro atoms. The Hall–Kier alpha value is -3.86. The highest BCUT2D eigenvalue weighted by atomic mass is 16.5. The van der Waals surface area contributed by atoms with Gasteiger partial charge in [-0.25, -0.2) is 0 Å². The molecule has 2 rings (SSSR count). The first-order chi connectivity index (χ1) is 13.4. The van der Waals surface area contributed by atoms with Gasteiger partial charge >= 0.3 is 5.97 Å². The van der Waals surface area contributed by atoms with Crippen LogP contribution in [0.25, 0.3) is 0 Å². The lowest BCUT2D eigenvalue weighted by Gasteiger charge is -2.14. The van der Waals surface area contributed by atoms with E-state index in [2.05, 4.69) is 10.6 Å². The summed E-state index contributed by atoms with van der Waals surface area (Å²) in [5.74, 6) is -1.45. The fourth-order valence-corrected chi connectivity index (χ4v) is 2.28. The second-order valence-corrected chi connectivity index (χ2v) is 5.70. The van der Waals surface area contributed by atoms with Crippen LogP contribution in [-0.2, 0) is 14.3 Å². The number of rotatable bonds is 7. The summed E-state index contributed by atoms with van der Waals surface area (Å²) in [5, 5.41) is 13.8. The van der Waals surface area contributed by atoms with Crippen molar-refractivity contribution in [2.45, 2.75) is 13.0 Å². The van der Waals surface area contributed by atoms with Crippen LogP contribution in [0.3, 0.4) is 0 Å². The molecule has 1 atom stereocenters. The number of ether oxygens (including phenoxy) is 2. The molecule has 0 unspecified atom stereocenters. The van der Waals surface area contributed by atoms with Gasteiger partial charge in [-0.05, 0) is 37.3 Å². The van der Waals surface area contributed by atoms with Gasteiger partial charge in [0.15, 0.2) is 6.10 Å². The predicted molar refractivity (Wildman–Crippen MR) is 101 cm³/mol. The average molecular weight is 381 g/mol. The molecule has 0 saturated carbocycles. The van der Waals surface area contributed by atoms with Crippen LogP contribution in [0.2, 0.25) is 0 Å². The molecule has 0 heterocycles. The molecular formula is C20H19N3O5. The van der Waals surface area contributed by atoms with E-state index in [1.807, 2.05) is 6.07 Å². The maximum absolute atomic E-state index is 12.1. The third kappa shape index (κ3) is 5.57. The fraction of sp³-hybridized carbons (Fsp3) is 0.200. The van der Waals surface area contributed by atoms with E-state index >= 15 is 0 Å². The molecule has 2 aromatic carbocycles. The van der Waals surface area contributed by atoms with Crippen molar-refractivity contribution >= 4 is 23.5 Å². The van der Waals surface area contributed by atoms with E-state index in [0.717, 1.165) is 0 Å². The van der Waals surface area contributed by atoms with Crippen LogP contribution in [0.15, 0.2) is 48.5 Å². The van der Waals surface area contributed by atoms with Crippen molar-refractivity contribution in [1.82, 2.24) is 5.32 Å². The zero-order valence-corrected chi connectivity index (χ0v) is 15.4. The Kier molecular flexibility index (Phi) is 7.11. The highest BCUT2D eigenvalue weighted by molar-refractivity contribution is 5.99. The number of benzene rings is 2. The van der Waals surface area contributed by atoms with E-state index in [1.165, 1.54) is 20.1 Å². The Morgan fingerprint density at radius 2 is 1.89 bits per heavy atom. The minimum atomic E-state index is -1.08. The van der Waals surface area contributed by atoms with Crippen molar-refractivity contribution in [3.8, 4) is 11.8 Å². The minimum absolute atomic E-state index is 0.279. The molecule has 0 bridgehead atoms. The van der Waals surface area contributed by atoms with Gasteiger partial charge in [-0.15, -0.1) is 0 Å². The molecule has 144 valence electrons. The lowest BCUT2D eigenvalue weighted by molar-refractivity contribution is -0.152. The molecular weight excluding hydrogens is 362 g/mol. The summed E-state index contributed by atoms with van der Waals surface area (Å²) >= 11 is 0. The van der Waals surface area contributed by atoms with Crippen LogP contribution in [-0.4, -0.2) is 37.5 Å². The molecule has 0 aliphatic carbocycles. The Labute approximate surface area is 162 Å². The number of hydrogen-bond acceptors (Lipinski definition) is 6. The number of carbonyl (C=O) groups is 3. The lowest BCUT2D eigenvalue weighted by atomic mass is 10.2. The molecule has 0 saturated heterocycles. The number of para-hydroxylation sites is 1. The van der Waals surface area contributed by atoms with Crippen LogP contribution in [0.4, 0.5) is 5.69 Å². The zero-order chi connectivity index (χ0) is 20.5. The van der Waals surface area contributed by atoms with Gasteiger partial charge in [0.2, 0.25) is 0 Å². The Bertz CT molecular complexity index is 920. The highest BCUT2D eigenvalue weighted by Gasteiger charge is 2.19. The molecule has 2 amide bonds. The SMILES string of the molecule is COc1ccccc1C(=O)NCC(=O)O[C@H](C)C(=O)Nc1cccc(C#N)c1. The second kappa shape index (κ2) is 9.73. The molecule has 2 aromatic rings. The van der Waals surface area contributed by atoms with Gasteiger partial charge in [0.25, 0.3) is 11.8 Å². The quantitative estimate of drug-likeness (QED) is 0.707. The third-order valence-electron chi connectivity index (χ3n) is 3.68. The second-order valence-electron chi connectivity index (χ2n) is 5.70. The monoisotopic (exact) mass is 381 g/mol. The number of hydrogen-bond donors (Lipinski definition) is 2. The average Bonchev–Trinajstić information content (AvgIpc) is 2.71. The van der Waals surface area contributed by atoms with Crippen molar-refractivity contribution < 1.29 is 23.9 Å². The molecule has 2 N–H and O–H groups in total. The maximum Gasteiger partial charge on any atom is 0.326 e. The van der Waals surface area contributed by atoms with Gasteiger partial charge in [0, 0.05) is 5.69 Å². The molecule has 8 heteroatoms. The van der Waals surface area contributed by atoms with Crippen molar-refractivity contribution in [1.29, 1.82) is 5.26 Å². The van der Waals surface area contributed by atoms with Crippen molar-refractivity contribution in [3.05, 3.63) is 59.7 Å². The molecule has 8 nitrogen and oxygen atoms in total.